The van der Waals surface area contributed by atoms with E-state index in [1.54, 1.807) is 6.92 Å². The third-order valence-corrected chi connectivity index (χ3v) is 5.58. The summed E-state index contributed by atoms with van der Waals surface area (Å²) in [4.78, 5) is 26.3. The second-order valence-corrected chi connectivity index (χ2v) is 7.75. The molecule has 7 heteroatoms. The normalized spacial score (nSPS) is 14.9. The van der Waals surface area contributed by atoms with Crippen molar-refractivity contribution in [3.63, 3.8) is 0 Å². The number of benzene rings is 1. The smallest absolute Gasteiger partial charge is 0.317 e. The van der Waals surface area contributed by atoms with Crippen molar-refractivity contribution in [2.75, 3.05) is 24.2 Å². The highest BCUT2D eigenvalue weighted by Gasteiger charge is 2.21. The predicted octanol–water partition coefficient (Wildman–Crippen LogP) is 3.29. The number of thioether (sulfide) groups is 1. The molecule has 1 N–H and O–H groups in total. The molecule has 136 valence electrons. The van der Waals surface area contributed by atoms with Gasteiger partial charge in [0.15, 0.2) is 6.10 Å². The fraction of sp³-hybridized carbons (Fsp3) is 0.500. The van der Waals surface area contributed by atoms with Crippen LogP contribution in [0.1, 0.15) is 30.9 Å². The standard InChI is InChI=1S/C18H24N2O3S2/c1-12-7-6-8-13(2)16(12)19-17(22)14(3)23-15(21)11-25-18(24)20-9-4-5-10-20/h6-8,14H,4-5,9-11H2,1-3H3,(H,19,22)/t14-/m0/s1. The first kappa shape index (κ1) is 19.7. The number of para-hydroxylation sites is 1. The summed E-state index contributed by atoms with van der Waals surface area (Å²) in [6.07, 6.45) is 1.42. The van der Waals surface area contributed by atoms with E-state index in [4.69, 9.17) is 17.0 Å². The Bertz CT molecular complexity index is 637. The molecule has 0 aliphatic carbocycles. The maximum Gasteiger partial charge on any atom is 0.317 e. The Balaban J connectivity index is 1.79. The maximum atomic E-state index is 12.3. The average molecular weight is 381 g/mol. The van der Waals surface area contributed by atoms with E-state index in [1.807, 2.05) is 32.0 Å². The molecule has 5 nitrogen and oxygen atoms in total. The second-order valence-electron chi connectivity index (χ2n) is 6.14. The zero-order chi connectivity index (χ0) is 18.4. The number of thiocarbonyl (C=S) groups is 1. The first-order valence-corrected chi connectivity index (χ1v) is 9.76. The summed E-state index contributed by atoms with van der Waals surface area (Å²) >= 11 is 6.61. The van der Waals surface area contributed by atoms with Gasteiger partial charge in [0.1, 0.15) is 4.32 Å². The number of hydrogen-bond acceptors (Lipinski definition) is 5. The number of aryl methyl sites for hydroxylation is 2. The molecule has 0 unspecified atom stereocenters. The van der Waals surface area contributed by atoms with Gasteiger partial charge in [0, 0.05) is 18.8 Å². The van der Waals surface area contributed by atoms with Crippen molar-refractivity contribution in [1.82, 2.24) is 4.90 Å². The number of esters is 1. The molecule has 1 aliphatic rings. The fourth-order valence-electron chi connectivity index (χ4n) is 2.63. The molecule has 1 fully saturated rings. The van der Waals surface area contributed by atoms with Gasteiger partial charge in [-0.05, 0) is 44.7 Å². The zero-order valence-corrected chi connectivity index (χ0v) is 16.5. The van der Waals surface area contributed by atoms with E-state index >= 15 is 0 Å². The molecule has 0 radical (unpaired) electrons. The van der Waals surface area contributed by atoms with E-state index in [0.29, 0.717) is 0 Å². The molecular weight excluding hydrogens is 356 g/mol. The summed E-state index contributed by atoms with van der Waals surface area (Å²) in [5.74, 6) is -0.648. The lowest BCUT2D eigenvalue weighted by Crippen LogP contribution is -2.31. The highest BCUT2D eigenvalue weighted by Crippen LogP contribution is 2.20. The van der Waals surface area contributed by atoms with Gasteiger partial charge in [-0.25, -0.2) is 0 Å². The molecule has 1 aromatic rings. The first-order chi connectivity index (χ1) is 11.9. The zero-order valence-electron chi connectivity index (χ0n) is 14.8. The van der Waals surface area contributed by atoms with Gasteiger partial charge in [-0.2, -0.15) is 0 Å². The van der Waals surface area contributed by atoms with Crippen LogP contribution in [0.15, 0.2) is 18.2 Å². The third kappa shape index (κ3) is 5.71. The number of nitrogens with one attached hydrogen (secondary N) is 1. The minimum atomic E-state index is -0.854. The van der Waals surface area contributed by atoms with Gasteiger partial charge in [0.05, 0.1) is 5.75 Å². The number of anilines is 1. The van der Waals surface area contributed by atoms with Gasteiger partial charge in [-0.3, -0.25) is 9.59 Å². The lowest BCUT2D eigenvalue weighted by Gasteiger charge is -2.18. The van der Waals surface area contributed by atoms with Crippen molar-refractivity contribution in [2.24, 2.45) is 0 Å². The van der Waals surface area contributed by atoms with Crippen LogP contribution in [-0.4, -0.2) is 46.0 Å². The highest BCUT2D eigenvalue weighted by atomic mass is 32.2. The number of rotatable bonds is 5. The lowest BCUT2D eigenvalue weighted by molar-refractivity contribution is -0.150. The molecule has 0 saturated carbocycles. The van der Waals surface area contributed by atoms with Gasteiger partial charge in [0.25, 0.3) is 5.91 Å². The molecule has 1 aromatic carbocycles. The first-order valence-electron chi connectivity index (χ1n) is 8.36. The Morgan fingerprint density at radius 1 is 1.28 bits per heavy atom. The van der Waals surface area contributed by atoms with Crippen molar-refractivity contribution < 1.29 is 14.3 Å². The Kier molecular flexibility index (Phi) is 7.25. The van der Waals surface area contributed by atoms with Gasteiger partial charge in [-0.15, -0.1) is 0 Å². The van der Waals surface area contributed by atoms with Crippen LogP contribution in [0.25, 0.3) is 0 Å². The number of ether oxygens (including phenoxy) is 1. The summed E-state index contributed by atoms with van der Waals surface area (Å²) in [5, 5.41) is 2.84. The molecule has 1 amide bonds. The molecule has 1 heterocycles. The second kappa shape index (κ2) is 9.20. The van der Waals surface area contributed by atoms with Crippen LogP contribution in [-0.2, 0) is 14.3 Å². The lowest BCUT2D eigenvalue weighted by atomic mass is 10.1. The van der Waals surface area contributed by atoms with Crippen LogP contribution in [0, 0.1) is 13.8 Å². The minimum absolute atomic E-state index is 0.121. The highest BCUT2D eigenvalue weighted by molar-refractivity contribution is 8.23. The predicted molar refractivity (Wildman–Crippen MR) is 106 cm³/mol. The van der Waals surface area contributed by atoms with Crippen LogP contribution in [0.5, 0.6) is 0 Å². The maximum absolute atomic E-state index is 12.3. The van der Waals surface area contributed by atoms with Crippen LogP contribution in [0.2, 0.25) is 0 Å². The molecule has 0 aromatic heterocycles. The van der Waals surface area contributed by atoms with Gasteiger partial charge in [-0.1, -0.05) is 42.2 Å². The van der Waals surface area contributed by atoms with Crippen molar-refractivity contribution in [3.05, 3.63) is 29.3 Å². The molecule has 0 bridgehead atoms. The van der Waals surface area contributed by atoms with Crippen LogP contribution in [0.3, 0.4) is 0 Å². The quantitative estimate of drug-likeness (QED) is 0.625. The summed E-state index contributed by atoms with van der Waals surface area (Å²) in [5.41, 5.74) is 2.71. The van der Waals surface area contributed by atoms with E-state index in [1.165, 1.54) is 11.8 Å². The van der Waals surface area contributed by atoms with Crippen molar-refractivity contribution in [1.29, 1.82) is 0 Å². The molecule has 1 aliphatic heterocycles. The van der Waals surface area contributed by atoms with E-state index in [9.17, 15) is 9.59 Å². The Labute approximate surface area is 158 Å². The molecule has 0 spiro atoms. The molecule has 25 heavy (non-hydrogen) atoms. The fourth-order valence-corrected chi connectivity index (χ4v) is 3.67. The summed E-state index contributed by atoms with van der Waals surface area (Å²) < 4.78 is 5.95. The van der Waals surface area contributed by atoms with Crippen molar-refractivity contribution >= 4 is 45.9 Å². The Morgan fingerprint density at radius 3 is 2.48 bits per heavy atom. The molecule has 1 saturated heterocycles. The number of nitrogens with zero attached hydrogens (tertiary/aromatic N) is 1. The topological polar surface area (TPSA) is 58.6 Å². The van der Waals surface area contributed by atoms with Crippen LogP contribution < -0.4 is 5.32 Å². The van der Waals surface area contributed by atoms with E-state index in [-0.39, 0.29) is 11.7 Å². The third-order valence-electron chi connectivity index (χ3n) is 4.08. The van der Waals surface area contributed by atoms with Crippen molar-refractivity contribution in [2.45, 2.75) is 39.7 Å². The number of carbonyl (C=O) groups excluding carboxylic acids is 2. The van der Waals surface area contributed by atoms with E-state index < -0.39 is 12.1 Å². The average Bonchev–Trinajstić information content (AvgIpc) is 3.10. The monoisotopic (exact) mass is 380 g/mol. The summed E-state index contributed by atoms with van der Waals surface area (Å²) in [6.45, 7) is 7.33. The van der Waals surface area contributed by atoms with E-state index in [0.717, 1.165) is 47.1 Å². The summed E-state index contributed by atoms with van der Waals surface area (Å²) in [6, 6.07) is 5.79. The van der Waals surface area contributed by atoms with Gasteiger partial charge in [0.2, 0.25) is 0 Å². The van der Waals surface area contributed by atoms with Crippen LogP contribution in [0.4, 0.5) is 5.69 Å². The molecule has 2 rings (SSSR count). The summed E-state index contributed by atoms with van der Waals surface area (Å²) in [7, 11) is 0. The molecule has 1 atom stereocenters. The van der Waals surface area contributed by atoms with E-state index in [2.05, 4.69) is 10.2 Å². The number of carbonyl (C=O) groups is 2. The van der Waals surface area contributed by atoms with Crippen molar-refractivity contribution in [3.8, 4) is 0 Å². The molecular formula is C18H24N2O3S2. The Hall–Kier alpha value is -1.60. The minimum Gasteiger partial charge on any atom is -0.452 e. The number of hydrogen-bond donors (Lipinski definition) is 1. The SMILES string of the molecule is Cc1cccc(C)c1NC(=O)[C@H](C)OC(=O)CSC(=S)N1CCCC1. The van der Waals surface area contributed by atoms with Gasteiger partial charge < -0.3 is 15.0 Å². The largest absolute Gasteiger partial charge is 0.452 e. The number of amides is 1. The van der Waals surface area contributed by atoms with Crippen LogP contribution >= 0.6 is 24.0 Å². The number of likely N-dealkylation sites (tertiary alicyclic amines) is 1. The van der Waals surface area contributed by atoms with Gasteiger partial charge >= 0.3 is 5.97 Å². The Morgan fingerprint density at radius 2 is 1.88 bits per heavy atom.